The van der Waals surface area contributed by atoms with Gasteiger partial charge in [0, 0.05) is 56.8 Å². The van der Waals surface area contributed by atoms with E-state index < -0.39 is 5.41 Å². The third kappa shape index (κ3) is 7.74. The van der Waals surface area contributed by atoms with E-state index in [0.717, 1.165) is 73.4 Å². The number of para-hydroxylation sites is 4. The third-order valence-corrected chi connectivity index (χ3v) is 15.7. The van der Waals surface area contributed by atoms with E-state index >= 15 is 0 Å². The van der Waals surface area contributed by atoms with Crippen molar-refractivity contribution >= 4 is 55.9 Å². The van der Waals surface area contributed by atoms with Crippen LogP contribution in [0.3, 0.4) is 0 Å². The summed E-state index contributed by atoms with van der Waals surface area (Å²) in [5.74, 6) is 0. The summed E-state index contributed by atoms with van der Waals surface area (Å²) in [5, 5.41) is 2.21. The van der Waals surface area contributed by atoms with Crippen LogP contribution in [0.5, 0.6) is 0 Å². The minimum atomic E-state index is -0.634. The Labute approximate surface area is 449 Å². The van der Waals surface area contributed by atoms with Crippen LogP contribution in [-0.2, 0) is 11.8 Å². The van der Waals surface area contributed by atoms with Crippen LogP contribution in [-0.4, -0.2) is 0 Å². The Bertz CT molecular complexity index is 4220. The molecule has 11 aromatic carbocycles. The number of allylic oxidation sites excluding steroid dienone is 5. The van der Waals surface area contributed by atoms with E-state index in [-0.39, 0.29) is 0 Å². The van der Waals surface area contributed by atoms with Crippen LogP contribution >= 0.6 is 0 Å². The molecular weight excluding hydrogens is 933 g/mol. The van der Waals surface area contributed by atoms with Gasteiger partial charge in [-0.25, -0.2) is 0 Å². The van der Waals surface area contributed by atoms with Crippen LogP contribution in [0.15, 0.2) is 308 Å². The van der Waals surface area contributed by atoms with Gasteiger partial charge in [-0.05, 0) is 128 Å². The molecule has 1 aromatic heterocycles. The molecule has 0 saturated heterocycles. The van der Waals surface area contributed by atoms with Crippen molar-refractivity contribution < 1.29 is 4.42 Å². The molecule has 0 fully saturated rings. The highest BCUT2D eigenvalue weighted by Crippen LogP contribution is 2.60. The maximum Gasteiger partial charge on any atom is 0.143 e. The van der Waals surface area contributed by atoms with Crippen molar-refractivity contribution in [2.24, 2.45) is 0 Å². The number of furan rings is 1. The quantitative estimate of drug-likeness (QED) is 0.120. The van der Waals surface area contributed by atoms with E-state index in [0.29, 0.717) is 0 Å². The third-order valence-electron chi connectivity index (χ3n) is 15.7. The molecule has 2 heterocycles. The molecule has 0 N–H and O–H groups in total. The molecule has 0 radical (unpaired) electrons. The highest BCUT2D eigenvalue weighted by molar-refractivity contribution is 6.10. The second kappa shape index (κ2) is 19.1. The largest absolute Gasteiger partial charge is 0.455 e. The van der Waals surface area contributed by atoms with Crippen molar-refractivity contribution in [3.63, 3.8) is 0 Å². The summed E-state index contributed by atoms with van der Waals surface area (Å²) in [5.41, 5.74) is 22.9. The summed E-state index contributed by atoms with van der Waals surface area (Å²) in [6.07, 6.45) is 7.39. The first kappa shape index (κ1) is 45.6. The molecule has 3 nitrogen and oxygen atoms in total. The normalized spacial score (nSPS) is 13.8. The molecular formula is C74H52N2O. The van der Waals surface area contributed by atoms with E-state index in [4.69, 9.17) is 11.0 Å². The van der Waals surface area contributed by atoms with Gasteiger partial charge in [-0.2, -0.15) is 0 Å². The number of hydrogen-bond donors (Lipinski definition) is 0. The Hall–Kier alpha value is -9.96. The molecule has 12 aromatic rings. The van der Waals surface area contributed by atoms with Crippen LogP contribution in [0.1, 0.15) is 33.4 Å². The molecule has 77 heavy (non-hydrogen) atoms. The van der Waals surface area contributed by atoms with Gasteiger partial charge in [0.15, 0.2) is 0 Å². The molecule has 1 aliphatic carbocycles. The fourth-order valence-corrected chi connectivity index (χ4v) is 12.3. The molecule has 0 atom stereocenters. The minimum Gasteiger partial charge on any atom is -0.455 e. The smallest absolute Gasteiger partial charge is 0.143 e. The number of hydrogen-bond acceptors (Lipinski definition) is 3. The summed E-state index contributed by atoms with van der Waals surface area (Å²) in [6.45, 7) is 4.70. The van der Waals surface area contributed by atoms with E-state index in [1.165, 1.54) is 61.5 Å². The Kier molecular flexibility index (Phi) is 11.3. The lowest BCUT2D eigenvalue weighted by Crippen LogP contribution is -2.28. The molecule has 0 spiro atoms. The summed E-state index contributed by atoms with van der Waals surface area (Å²) < 4.78 is 6.67. The second-order valence-electron chi connectivity index (χ2n) is 20.0. The van der Waals surface area contributed by atoms with Crippen LogP contribution in [0, 0.1) is 0 Å². The molecule has 3 heteroatoms. The van der Waals surface area contributed by atoms with Crippen molar-refractivity contribution in [2.45, 2.75) is 11.8 Å². The Morgan fingerprint density at radius 2 is 1.13 bits per heavy atom. The van der Waals surface area contributed by atoms with E-state index in [1.807, 2.05) is 6.07 Å². The summed E-state index contributed by atoms with van der Waals surface area (Å²) in [7, 11) is 0. The lowest BCUT2D eigenvalue weighted by Gasteiger charge is -2.34. The van der Waals surface area contributed by atoms with Gasteiger partial charge in [0.1, 0.15) is 11.2 Å². The lowest BCUT2D eigenvalue weighted by atomic mass is 9.67. The molecule has 0 unspecified atom stereocenters. The highest BCUT2D eigenvalue weighted by Gasteiger charge is 2.47. The van der Waals surface area contributed by atoms with Gasteiger partial charge < -0.3 is 14.2 Å². The van der Waals surface area contributed by atoms with E-state index in [2.05, 4.69) is 295 Å². The maximum absolute atomic E-state index is 6.67. The van der Waals surface area contributed by atoms with E-state index in [1.54, 1.807) is 0 Å². The van der Waals surface area contributed by atoms with Gasteiger partial charge in [0.2, 0.25) is 0 Å². The number of fused-ring (bicyclic) bond motifs is 7. The van der Waals surface area contributed by atoms with Crippen LogP contribution < -0.4 is 9.80 Å². The maximum atomic E-state index is 6.67. The van der Waals surface area contributed by atoms with Crippen LogP contribution in [0.2, 0.25) is 0 Å². The zero-order valence-corrected chi connectivity index (χ0v) is 42.4. The molecule has 364 valence electrons. The minimum absolute atomic E-state index is 0.634. The Morgan fingerprint density at radius 1 is 0.494 bits per heavy atom. The van der Waals surface area contributed by atoms with Gasteiger partial charge in [-0.1, -0.05) is 231 Å². The fourth-order valence-electron chi connectivity index (χ4n) is 12.3. The number of nitrogens with zero attached hydrogens (tertiary/aromatic N) is 2. The second-order valence-corrected chi connectivity index (χ2v) is 20.0. The van der Waals surface area contributed by atoms with Crippen LogP contribution in [0.4, 0.5) is 28.4 Å². The summed E-state index contributed by atoms with van der Waals surface area (Å²) in [4.78, 5) is 4.82. The Balaban J connectivity index is 0.954. The first-order valence-electron chi connectivity index (χ1n) is 26.5. The monoisotopic (exact) mass is 984 g/mol. The van der Waals surface area contributed by atoms with Gasteiger partial charge in [-0.3, -0.25) is 0 Å². The summed E-state index contributed by atoms with van der Waals surface area (Å²) in [6, 6.07) is 98.9. The number of benzene rings is 11. The highest BCUT2D eigenvalue weighted by atomic mass is 16.3. The van der Waals surface area contributed by atoms with E-state index in [9.17, 15) is 0 Å². The van der Waals surface area contributed by atoms with Crippen molar-refractivity contribution in [1.82, 2.24) is 0 Å². The molecule has 14 rings (SSSR count). The SMILES string of the molecule is C=C(/C=C\C=C1/Cc2ccccc2N1c1ccccc1)c1cccc(N(c2cccc(-c3cccc4c3oc3ccccc34)c2)c2cccc3c2-c2ccc(-c4ccccc4)cc2C3(c2ccccc2)c2ccccc2)c1. The fraction of sp³-hybridized carbons (Fsp3) is 0.0270. The van der Waals surface area contributed by atoms with Gasteiger partial charge >= 0.3 is 0 Å². The van der Waals surface area contributed by atoms with Crippen molar-refractivity contribution in [2.75, 3.05) is 9.80 Å². The molecule has 0 amide bonds. The number of anilines is 5. The van der Waals surface area contributed by atoms with Crippen molar-refractivity contribution in [1.29, 1.82) is 0 Å². The molecule has 0 bridgehead atoms. The standard InChI is InChI=1S/C74H52N2O/c1-51(23-18-35-62-49-56-26-14-16-42-69(56)75(62)59-33-12-5-13-34-59)53-27-19-36-60(47-53)76(61-37-20-28-55(48-61)63-39-21-40-65-64-38-15-17-44-71(64)77-73(63)65)70-43-22-41-67-72(70)66-46-45-54(52-24-6-2-7-25-52)50-68(66)74(67,57-29-8-3-9-30-57)58-31-10-4-11-32-58/h2-48,50H,1,49H2/b23-18-,62-35+. The molecule has 1 aliphatic heterocycles. The zero-order chi connectivity index (χ0) is 51.3. The Morgan fingerprint density at radius 3 is 1.92 bits per heavy atom. The zero-order valence-electron chi connectivity index (χ0n) is 42.4. The lowest BCUT2D eigenvalue weighted by molar-refractivity contribution is 0.670. The molecule has 2 aliphatic rings. The van der Waals surface area contributed by atoms with Crippen molar-refractivity contribution in [3.05, 3.63) is 337 Å². The van der Waals surface area contributed by atoms with Gasteiger partial charge in [0.05, 0.1) is 11.1 Å². The predicted molar refractivity (Wildman–Crippen MR) is 322 cm³/mol. The summed E-state index contributed by atoms with van der Waals surface area (Å²) >= 11 is 0. The van der Waals surface area contributed by atoms with Crippen molar-refractivity contribution in [3.8, 4) is 33.4 Å². The number of rotatable bonds is 11. The predicted octanol–water partition coefficient (Wildman–Crippen LogP) is 19.6. The van der Waals surface area contributed by atoms with Gasteiger partial charge in [-0.15, -0.1) is 0 Å². The van der Waals surface area contributed by atoms with Gasteiger partial charge in [0.25, 0.3) is 0 Å². The first-order chi connectivity index (χ1) is 38.1. The van der Waals surface area contributed by atoms with Crippen LogP contribution in [0.25, 0.3) is 60.9 Å². The topological polar surface area (TPSA) is 19.6 Å². The average molecular weight is 985 g/mol. The first-order valence-corrected chi connectivity index (χ1v) is 26.5. The average Bonchev–Trinajstić information content (AvgIpc) is 4.39. The molecule has 0 saturated carbocycles.